The first-order chi connectivity index (χ1) is 18.1. The summed E-state index contributed by atoms with van der Waals surface area (Å²) in [4.78, 5) is 16.5. The van der Waals surface area contributed by atoms with Gasteiger partial charge >= 0.3 is 6.18 Å². The molecule has 206 valence electrons. The Bertz CT molecular complexity index is 1160. The van der Waals surface area contributed by atoms with Gasteiger partial charge in [0.25, 0.3) is 0 Å². The van der Waals surface area contributed by atoms with Crippen LogP contribution >= 0.6 is 0 Å². The maximum absolute atomic E-state index is 13.4. The predicted octanol–water partition coefficient (Wildman–Crippen LogP) is 8.26. The highest BCUT2D eigenvalue weighted by atomic mass is 19.4. The van der Waals surface area contributed by atoms with Gasteiger partial charge in [-0.25, -0.2) is 4.98 Å². The number of ketones is 1. The van der Waals surface area contributed by atoms with E-state index in [1.165, 1.54) is 12.2 Å². The number of ether oxygens (including phenoxy) is 1. The zero-order chi connectivity index (χ0) is 27.7. The van der Waals surface area contributed by atoms with Crippen molar-refractivity contribution in [3.05, 3.63) is 77.9 Å². The van der Waals surface area contributed by atoms with Gasteiger partial charge in [0, 0.05) is 40.9 Å². The molecule has 1 aliphatic carbocycles. The van der Waals surface area contributed by atoms with Crippen molar-refractivity contribution < 1.29 is 22.7 Å². The lowest BCUT2D eigenvalue weighted by atomic mass is 9.97. The normalized spacial score (nSPS) is 15.4. The lowest BCUT2D eigenvalue weighted by Crippen LogP contribution is -2.11. The number of hydrogen-bond acceptors (Lipinski definition) is 3. The molecule has 0 N–H and O–H groups in total. The number of nitrogens with zero attached hydrogens (tertiary/aromatic N) is 2. The number of aromatic nitrogens is 2. The molecule has 38 heavy (non-hydrogen) atoms. The van der Waals surface area contributed by atoms with E-state index in [9.17, 15) is 18.0 Å². The van der Waals surface area contributed by atoms with Crippen LogP contribution in [0.4, 0.5) is 13.2 Å². The minimum Gasteiger partial charge on any atom is -0.493 e. The first-order valence-corrected chi connectivity index (χ1v) is 13.5. The van der Waals surface area contributed by atoms with Gasteiger partial charge in [-0.2, -0.15) is 13.2 Å². The number of benzene rings is 1. The number of Topliss-reactive ketones (excluding diaryl/α,β-unsaturated/α-hetero) is 1. The topological polar surface area (TPSA) is 44.1 Å². The zero-order valence-corrected chi connectivity index (χ0v) is 22.7. The monoisotopic (exact) mass is 528 g/mol. The van der Waals surface area contributed by atoms with Crippen LogP contribution in [0, 0.1) is 18.8 Å². The summed E-state index contributed by atoms with van der Waals surface area (Å²) in [5, 5.41) is 0. The largest absolute Gasteiger partial charge is 0.493 e. The Morgan fingerprint density at radius 1 is 1.26 bits per heavy atom. The first-order valence-electron chi connectivity index (χ1n) is 13.5. The van der Waals surface area contributed by atoms with E-state index in [1.807, 2.05) is 35.8 Å². The van der Waals surface area contributed by atoms with Crippen molar-refractivity contribution in [2.75, 3.05) is 6.61 Å². The van der Waals surface area contributed by atoms with Gasteiger partial charge in [-0.15, -0.1) is 0 Å². The molecule has 1 aromatic heterocycles. The van der Waals surface area contributed by atoms with E-state index < -0.39 is 11.7 Å². The number of aryl methyl sites for hydroxylation is 1. The SMILES string of the molecule is C=C/C(=C\C=C(/CCC)C(F)(F)F)c1ncc(C)n1Cc1ccccc1OCCCC(C)CC(=O)C1CC1. The Morgan fingerprint density at radius 2 is 2.00 bits per heavy atom. The van der Waals surface area contributed by atoms with Gasteiger partial charge in [0.1, 0.15) is 17.4 Å². The minimum atomic E-state index is -4.37. The highest BCUT2D eigenvalue weighted by Crippen LogP contribution is 2.33. The van der Waals surface area contributed by atoms with Crippen molar-refractivity contribution in [3.63, 3.8) is 0 Å². The van der Waals surface area contributed by atoms with Crippen molar-refractivity contribution in [1.82, 2.24) is 9.55 Å². The fourth-order valence-electron chi connectivity index (χ4n) is 4.48. The average Bonchev–Trinajstić information content (AvgIpc) is 3.67. The molecular formula is C31H39F3N2O2. The number of hydrogen-bond donors (Lipinski definition) is 0. The molecule has 1 atom stereocenters. The standard InChI is InChI=1S/C31H39F3N2O2/c1-5-10-27(31(32,33)34)17-16-24(6-2)30-35-20-23(4)36(30)21-26-12-7-8-13-29(26)38-18-9-11-22(3)19-28(37)25-14-15-25/h6-8,12-13,16-17,20,22,25H,2,5,9-11,14-15,18-19,21H2,1,3-4H3/b24-16+,27-17+. The molecule has 0 spiro atoms. The van der Waals surface area contributed by atoms with Crippen molar-refractivity contribution in [3.8, 4) is 5.75 Å². The molecule has 3 rings (SSSR count). The molecule has 0 amide bonds. The maximum atomic E-state index is 13.4. The van der Waals surface area contributed by atoms with Gasteiger partial charge in [0.15, 0.2) is 0 Å². The Balaban J connectivity index is 1.70. The summed E-state index contributed by atoms with van der Waals surface area (Å²) in [6, 6.07) is 7.76. The number of rotatable bonds is 15. The molecule has 2 aromatic rings. The van der Waals surface area contributed by atoms with Crippen LogP contribution in [0.1, 0.15) is 75.9 Å². The minimum absolute atomic E-state index is 0.0434. The van der Waals surface area contributed by atoms with Crippen molar-refractivity contribution in [2.45, 2.75) is 78.4 Å². The molecule has 1 unspecified atom stereocenters. The second-order valence-electron chi connectivity index (χ2n) is 10.2. The third-order valence-electron chi connectivity index (χ3n) is 6.86. The lowest BCUT2D eigenvalue weighted by Gasteiger charge is -2.16. The smallest absolute Gasteiger partial charge is 0.412 e. The van der Waals surface area contributed by atoms with E-state index in [-0.39, 0.29) is 6.42 Å². The molecule has 0 saturated heterocycles. The second-order valence-corrected chi connectivity index (χ2v) is 10.2. The van der Waals surface area contributed by atoms with E-state index in [0.717, 1.165) is 48.8 Å². The van der Waals surface area contributed by atoms with Gasteiger partial charge in [-0.1, -0.05) is 63.3 Å². The van der Waals surface area contributed by atoms with Crippen LogP contribution in [-0.2, 0) is 11.3 Å². The van der Waals surface area contributed by atoms with Gasteiger partial charge in [-0.05, 0) is 51.0 Å². The second kappa shape index (κ2) is 13.6. The summed E-state index contributed by atoms with van der Waals surface area (Å²) in [5.74, 6) is 2.38. The van der Waals surface area contributed by atoms with Crippen molar-refractivity contribution in [1.29, 1.82) is 0 Å². The third-order valence-corrected chi connectivity index (χ3v) is 6.86. The number of halogens is 3. The van der Waals surface area contributed by atoms with Gasteiger partial charge < -0.3 is 9.30 Å². The van der Waals surface area contributed by atoms with Crippen LogP contribution in [-0.4, -0.2) is 28.1 Å². The molecule has 1 aromatic carbocycles. The predicted molar refractivity (Wildman–Crippen MR) is 146 cm³/mol. The van der Waals surface area contributed by atoms with Crippen LogP contribution < -0.4 is 4.74 Å². The molecule has 1 heterocycles. The Kier molecular flexibility index (Phi) is 10.6. The average molecular weight is 529 g/mol. The Hall–Kier alpha value is -3.09. The lowest BCUT2D eigenvalue weighted by molar-refractivity contribution is -0.121. The fourth-order valence-corrected chi connectivity index (χ4v) is 4.48. The molecule has 1 saturated carbocycles. The molecular weight excluding hydrogens is 489 g/mol. The van der Waals surface area contributed by atoms with Crippen LogP contribution in [0.25, 0.3) is 5.57 Å². The van der Waals surface area contributed by atoms with Gasteiger partial charge in [-0.3, -0.25) is 4.79 Å². The molecule has 7 heteroatoms. The highest BCUT2D eigenvalue weighted by Gasteiger charge is 2.32. The number of alkyl halides is 3. The first kappa shape index (κ1) is 29.5. The van der Waals surface area contributed by atoms with E-state index >= 15 is 0 Å². The van der Waals surface area contributed by atoms with E-state index in [0.29, 0.717) is 55.0 Å². The van der Waals surface area contributed by atoms with Crippen LogP contribution in [0.15, 0.2) is 60.8 Å². The number of carbonyl (C=O) groups excluding carboxylic acids is 1. The Labute approximate surface area is 224 Å². The Morgan fingerprint density at radius 3 is 2.66 bits per heavy atom. The van der Waals surface area contributed by atoms with Crippen LogP contribution in [0.5, 0.6) is 5.75 Å². The summed E-state index contributed by atoms with van der Waals surface area (Å²) in [6.45, 7) is 10.6. The molecule has 1 fully saturated rings. The summed E-state index contributed by atoms with van der Waals surface area (Å²) < 4.78 is 48.2. The number of para-hydroxylation sites is 1. The fraction of sp³-hybridized carbons (Fsp3) is 0.484. The van der Waals surface area contributed by atoms with Crippen molar-refractivity contribution in [2.24, 2.45) is 11.8 Å². The molecule has 1 aliphatic rings. The van der Waals surface area contributed by atoms with Gasteiger partial charge in [0.05, 0.1) is 13.2 Å². The highest BCUT2D eigenvalue weighted by molar-refractivity contribution is 5.83. The number of allylic oxidation sites excluding steroid dienone is 5. The summed E-state index contributed by atoms with van der Waals surface area (Å²) in [7, 11) is 0. The molecule has 0 aliphatic heterocycles. The van der Waals surface area contributed by atoms with Crippen LogP contribution in [0.2, 0.25) is 0 Å². The molecule has 4 nitrogen and oxygen atoms in total. The number of imidazole rings is 1. The number of carbonyl (C=O) groups is 1. The molecule has 0 bridgehead atoms. The zero-order valence-electron chi connectivity index (χ0n) is 22.7. The third kappa shape index (κ3) is 8.47. The van der Waals surface area contributed by atoms with Crippen molar-refractivity contribution >= 4 is 11.4 Å². The maximum Gasteiger partial charge on any atom is 0.412 e. The van der Waals surface area contributed by atoms with E-state index in [4.69, 9.17) is 4.74 Å². The molecule has 0 radical (unpaired) electrons. The summed E-state index contributed by atoms with van der Waals surface area (Å²) in [6.07, 6.45) is 6.37. The van der Waals surface area contributed by atoms with Crippen LogP contribution in [0.3, 0.4) is 0 Å². The van der Waals surface area contributed by atoms with E-state index in [2.05, 4.69) is 18.5 Å². The van der Waals surface area contributed by atoms with Gasteiger partial charge in [0.2, 0.25) is 0 Å². The summed E-state index contributed by atoms with van der Waals surface area (Å²) in [5.41, 5.74) is 1.78. The quantitative estimate of drug-likeness (QED) is 0.173. The van der Waals surface area contributed by atoms with E-state index in [1.54, 1.807) is 13.1 Å². The summed E-state index contributed by atoms with van der Waals surface area (Å²) >= 11 is 0.